The van der Waals surface area contributed by atoms with E-state index in [4.69, 9.17) is 0 Å². The molecule has 1 N–H and O–H groups in total. The van der Waals surface area contributed by atoms with Crippen LogP contribution in [0.3, 0.4) is 0 Å². The fraction of sp³-hybridized carbons (Fsp3) is 0.444. The lowest BCUT2D eigenvalue weighted by molar-refractivity contribution is -0.384. The van der Waals surface area contributed by atoms with Gasteiger partial charge in [0.05, 0.1) is 4.92 Å². The minimum Gasteiger partial charge on any atom is -0.364 e. The Kier molecular flexibility index (Phi) is 3.84. The Hall–Kier alpha value is -1.65. The summed E-state index contributed by atoms with van der Waals surface area (Å²) in [6.07, 6.45) is 3.57. The number of anilines is 1. The molecule has 1 aromatic heterocycles. The molecule has 5 nitrogen and oxygen atoms in total. The van der Waals surface area contributed by atoms with Crippen molar-refractivity contribution in [1.29, 1.82) is 0 Å². The predicted molar refractivity (Wildman–Crippen MR) is 54.3 cm³/mol. The molecule has 76 valence electrons. The van der Waals surface area contributed by atoms with E-state index in [0.29, 0.717) is 12.4 Å². The van der Waals surface area contributed by atoms with E-state index in [1.54, 1.807) is 12.3 Å². The third-order valence-electron chi connectivity index (χ3n) is 1.81. The lowest BCUT2D eigenvalue weighted by Crippen LogP contribution is -2.05. The van der Waals surface area contributed by atoms with E-state index in [-0.39, 0.29) is 5.69 Å². The van der Waals surface area contributed by atoms with Crippen molar-refractivity contribution in [3.8, 4) is 0 Å². The summed E-state index contributed by atoms with van der Waals surface area (Å²) in [5.41, 5.74) is 0.0311. The second-order valence-electron chi connectivity index (χ2n) is 2.91. The van der Waals surface area contributed by atoms with Gasteiger partial charge in [-0.3, -0.25) is 10.1 Å². The van der Waals surface area contributed by atoms with Crippen molar-refractivity contribution in [3.63, 3.8) is 0 Å². The van der Waals surface area contributed by atoms with Crippen LogP contribution in [0.15, 0.2) is 18.3 Å². The fourth-order valence-electron chi connectivity index (χ4n) is 1.06. The molecule has 0 bridgehead atoms. The van der Waals surface area contributed by atoms with Gasteiger partial charge in [0.25, 0.3) is 0 Å². The van der Waals surface area contributed by atoms with Crippen molar-refractivity contribution in [3.05, 3.63) is 28.4 Å². The Morgan fingerprint density at radius 1 is 1.64 bits per heavy atom. The minimum absolute atomic E-state index is 0.0311. The number of rotatable bonds is 5. The summed E-state index contributed by atoms with van der Waals surface area (Å²) in [5.74, 6) is 0.353. The molecule has 0 saturated heterocycles. The molecular formula is C9H13N3O2. The number of unbranched alkanes of at least 4 members (excludes halogenated alkanes) is 1. The number of aromatic nitrogens is 1. The van der Waals surface area contributed by atoms with Crippen molar-refractivity contribution in [2.45, 2.75) is 19.8 Å². The summed E-state index contributed by atoms with van der Waals surface area (Å²) in [4.78, 5) is 14.1. The van der Waals surface area contributed by atoms with Gasteiger partial charge in [0.1, 0.15) is 0 Å². The van der Waals surface area contributed by atoms with E-state index in [1.165, 1.54) is 6.07 Å². The molecule has 5 heteroatoms. The van der Waals surface area contributed by atoms with Crippen LogP contribution in [-0.2, 0) is 0 Å². The van der Waals surface area contributed by atoms with Gasteiger partial charge in [-0.2, -0.15) is 0 Å². The van der Waals surface area contributed by atoms with Gasteiger partial charge in [-0.05, 0) is 12.5 Å². The summed E-state index contributed by atoms with van der Waals surface area (Å²) in [5, 5.41) is 13.5. The van der Waals surface area contributed by atoms with Crippen LogP contribution >= 0.6 is 0 Å². The van der Waals surface area contributed by atoms with Crippen molar-refractivity contribution in [2.24, 2.45) is 0 Å². The highest BCUT2D eigenvalue weighted by Gasteiger charge is 2.12. The summed E-state index contributed by atoms with van der Waals surface area (Å²) < 4.78 is 0. The highest BCUT2D eigenvalue weighted by Crippen LogP contribution is 2.19. The highest BCUT2D eigenvalue weighted by molar-refractivity contribution is 5.54. The van der Waals surface area contributed by atoms with Gasteiger partial charge in [-0.1, -0.05) is 13.3 Å². The SMILES string of the molecule is CCCCNc1ncccc1[N+](=O)[O-]. The van der Waals surface area contributed by atoms with Crippen molar-refractivity contribution < 1.29 is 4.92 Å². The number of nitro groups is 1. The third kappa shape index (κ3) is 2.69. The number of pyridine rings is 1. The summed E-state index contributed by atoms with van der Waals surface area (Å²) in [7, 11) is 0. The van der Waals surface area contributed by atoms with E-state index < -0.39 is 4.92 Å². The molecule has 0 aliphatic carbocycles. The van der Waals surface area contributed by atoms with Crippen LogP contribution in [0.1, 0.15) is 19.8 Å². The smallest absolute Gasteiger partial charge is 0.311 e. The van der Waals surface area contributed by atoms with E-state index in [2.05, 4.69) is 17.2 Å². The summed E-state index contributed by atoms with van der Waals surface area (Å²) >= 11 is 0. The Labute approximate surface area is 82.3 Å². The first kappa shape index (κ1) is 10.4. The fourth-order valence-corrected chi connectivity index (χ4v) is 1.06. The van der Waals surface area contributed by atoms with E-state index in [1.807, 2.05) is 0 Å². The molecule has 0 aliphatic rings. The first-order chi connectivity index (χ1) is 6.75. The molecule has 1 aromatic rings. The van der Waals surface area contributed by atoms with Gasteiger partial charge in [0.15, 0.2) is 0 Å². The average molecular weight is 195 g/mol. The molecule has 1 rings (SSSR count). The normalized spacial score (nSPS) is 9.79. The predicted octanol–water partition coefficient (Wildman–Crippen LogP) is 2.20. The maximum atomic E-state index is 10.6. The molecule has 14 heavy (non-hydrogen) atoms. The lowest BCUT2D eigenvalue weighted by Gasteiger charge is -2.03. The second-order valence-corrected chi connectivity index (χ2v) is 2.91. The quantitative estimate of drug-likeness (QED) is 0.444. The number of hydrogen-bond acceptors (Lipinski definition) is 4. The molecule has 0 aliphatic heterocycles. The van der Waals surface area contributed by atoms with Crippen molar-refractivity contribution in [1.82, 2.24) is 4.98 Å². The standard InChI is InChI=1S/C9H13N3O2/c1-2-3-6-10-9-8(12(13)14)5-4-7-11-9/h4-5,7H,2-3,6H2,1H3,(H,10,11). The van der Waals surface area contributed by atoms with E-state index >= 15 is 0 Å². The first-order valence-electron chi connectivity index (χ1n) is 4.59. The molecular weight excluding hydrogens is 182 g/mol. The topological polar surface area (TPSA) is 68.1 Å². The van der Waals surface area contributed by atoms with Crippen LogP contribution in [0.5, 0.6) is 0 Å². The Morgan fingerprint density at radius 2 is 2.43 bits per heavy atom. The molecule has 0 spiro atoms. The zero-order chi connectivity index (χ0) is 10.4. The Balaban J connectivity index is 2.69. The molecule has 0 unspecified atom stereocenters. The van der Waals surface area contributed by atoms with Gasteiger partial charge in [0, 0.05) is 18.8 Å². The zero-order valence-electron chi connectivity index (χ0n) is 8.06. The van der Waals surface area contributed by atoms with Crippen LogP contribution in [-0.4, -0.2) is 16.5 Å². The minimum atomic E-state index is -0.429. The van der Waals surface area contributed by atoms with Crippen LogP contribution in [0, 0.1) is 10.1 Å². The largest absolute Gasteiger partial charge is 0.364 e. The maximum absolute atomic E-state index is 10.6. The number of hydrogen-bond donors (Lipinski definition) is 1. The van der Waals surface area contributed by atoms with Crippen LogP contribution in [0.4, 0.5) is 11.5 Å². The number of nitrogens with zero attached hydrogens (tertiary/aromatic N) is 2. The molecule has 0 saturated carbocycles. The average Bonchev–Trinajstić information content (AvgIpc) is 2.19. The maximum Gasteiger partial charge on any atom is 0.311 e. The first-order valence-corrected chi connectivity index (χ1v) is 4.59. The molecule has 0 radical (unpaired) electrons. The van der Waals surface area contributed by atoms with Gasteiger partial charge in [-0.15, -0.1) is 0 Å². The van der Waals surface area contributed by atoms with E-state index in [9.17, 15) is 10.1 Å². The van der Waals surface area contributed by atoms with Crippen molar-refractivity contribution >= 4 is 11.5 Å². The molecule has 0 amide bonds. The summed E-state index contributed by atoms with van der Waals surface area (Å²) in [6.45, 7) is 2.78. The Bertz CT molecular complexity index is 315. The van der Waals surface area contributed by atoms with Crippen molar-refractivity contribution in [2.75, 3.05) is 11.9 Å². The lowest BCUT2D eigenvalue weighted by atomic mass is 10.3. The molecule has 1 heterocycles. The van der Waals surface area contributed by atoms with E-state index in [0.717, 1.165) is 12.8 Å². The van der Waals surface area contributed by atoms with Crippen LogP contribution < -0.4 is 5.32 Å². The zero-order valence-corrected chi connectivity index (χ0v) is 8.06. The monoisotopic (exact) mass is 195 g/mol. The van der Waals surface area contributed by atoms with Gasteiger partial charge in [0.2, 0.25) is 5.82 Å². The second kappa shape index (κ2) is 5.16. The van der Waals surface area contributed by atoms with Gasteiger partial charge < -0.3 is 5.32 Å². The highest BCUT2D eigenvalue weighted by atomic mass is 16.6. The third-order valence-corrected chi connectivity index (χ3v) is 1.81. The Morgan fingerprint density at radius 3 is 3.07 bits per heavy atom. The molecule has 0 atom stereocenters. The van der Waals surface area contributed by atoms with Gasteiger partial charge in [-0.25, -0.2) is 4.98 Å². The molecule has 0 fully saturated rings. The number of nitrogens with one attached hydrogen (secondary N) is 1. The summed E-state index contributed by atoms with van der Waals surface area (Å²) in [6, 6.07) is 3.00. The van der Waals surface area contributed by atoms with Crippen LogP contribution in [0.2, 0.25) is 0 Å². The molecule has 0 aromatic carbocycles. The van der Waals surface area contributed by atoms with Crippen LogP contribution in [0.25, 0.3) is 0 Å². The van der Waals surface area contributed by atoms with Gasteiger partial charge >= 0.3 is 5.69 Å².